The van der Waals surface area contributed by atoms with Crippen LogP contribution in [0.5, 0.6) is 0 Å². The van der Waals surface area contributed by atoms with Crippen LogP contribution in [0.3, 0.4) is 0 Å². The average Bonchev–Trinajstić information content (AvgIpc) is 3.09. The van der Waals surface area contributed by atoms with Crippen LogP contribution in [-0.2, 0) is 0 Å². The second-order valence-corrected chi connectivity index (χ2v) is 6.76. The van der Waals surface area contributed by atoms with Crippen molar-refractivity contribution in [3.05, 3.63) is 81.5 Å². The summed E-state index contributed by atoms with van der Waals surface area (Å²) in [5.41, 5.74) is 3.62. The molecule has 0 atom stereocenters. The molecule has 0 saturated heterocycles. The summed E-state index contributed by atoms with van der Waals surface area (Å²) < 4.78 is 0. The first-order valence-electron chi connectivity index (χ1n) is 8.07. The summed E-state index contributed by atoms with van der Waals surface area (Å²) >= 11 is 1.36. The Bertz CT molecular complexity index is 1180. The van der Waals surface area contributed by atoms with Gasteiger partial charge in [-0.1, -0.05) is 42.5 Å². The highest BCUT2D eigenvalue weighted by Crippen LogP contribution is 2.27. The molecular formula is C20H15N3O2S. The maximum absolute atomic E-state index is 12.7. The van der Waals surface area contributed by atoms with Gasteiger partial charge in [-0.2, -0.15) is 0 Å². The van der Waals surface area contributed by atoms with Gasteiger partial charge in [0.15, 0.2) is 5.13 Å². The Morgan fingerprint density at radius 1 is 1.12 bits per heavy atom. The normalized spacial score (nSPS) is 10.8. The highest BCUT2D eigenvalue weighted by atomic mass is 32.1. The molecule has 0 bridgehead atoms. The van der Waals surface area contributed by atoms with E-state index in [0.29, 0.717) is 21.6 Å². The first-order valence-corrected chi connectivity index (χ1v) is 8.95. The van der Waals surface area contributed by atoms with Gasteiger partial charge >= 0.3 is 0 Å². The van der Waals surface area contributed by atoms with Crippen LogP contribution in [0.1, 0.15) is 15.9 Å². The van der Waals surface area contributed by atoms with Crippen LogP contribution in [0.4, 0.5) is 5.13 Å². The number of anilines is 1. The molecule has 128 valence electrons. The van der Waals surface area contributed by atoms with Gasteiger partial charge in [-0.05, 0) is 18.6 Å². The summed E-state index contributed by atoms with van der Waals surface area (Å²) in [7, 11) is 0. The number of H-pyrrole nitrogens is 1. The number of carbonyl (C=O) groups excluding carboxylic acids is 1. The fourth-order valence-corrected chi connectivity index (χ4v) is 3.58. The minimum absolute atomic E-state index is 0.311. The Morgan fingerprint density at radius 2 is 1.88 bits per heavy atom. The lowest BCUT2D eigenvalue weighted by molar-refractivity contribution is 0.102. The van der Waals surface area contributed by atoms with E-state index in [1.807, 2.05) is 48.7 Å². The molecule has 2 heterocycles. The number of para-hydroxylation sites is 1. The highest BCUT2D eigenvalue weighted by molar-refractivity contribution is 7.14. The molecule has 26 heavy (non-hydrogen) atoms. The second-order valence-electron chi connectivity index (χ2n) is 5.90. The third kappa shape index (κ3) is 3.02. The molecule has 2 aromatic carbocycles. The molecule has 0 aliphatic heterocycles. The predicted octanol–water partition coefficient (Wildman–Crippen LogP) is 4.21. The average molecular weight is 361 g/mol. The van der Waals surface area contributed by atoms with Crippen molar-refractivity contribution in [1.82, 2.24) is 9.97 Å². The van der Waals surface area contributed by atoms with Gasteiger partial charge < -0.3 is 4.98 Å². The fraction of sp³-hybridized carbons (Fsp3) is 0.0500. The molecule has 6 heteroatoms. The van der Waals surface area contributed by atoms with Crippen molar-refractivity contribution in [2.75, 3.05) is 5.32 Å². The van der Waals surface area contributed by atoms with E-state index in [1.54, 1.807) is 12.1 Å². The number of aromatic amines is 1. The summed E-state index contributed by atoms with van der Waals surface area (Å²) in [6.45, 7) is 2.02. The van der Waals surface area contributed by atoms with Crippen LogP contribution in [0.25, 0.3) is 22.2 Å². The summed E-state index contributed by atoms with van der Waals surface area (Å²) in [4.78, 5) is 31.8. The van der Waals surface area contributed by atoms with Crippen LogP contribution >= 0.6 is 11.3 Å². The third-order valence-electron chi connectivity index (χ3n) is 4.14. The summed E-state index contributed by atoms with van der Waals surface area (Å²) in [5.74, 6) is -0.349. The van der Waals surface area contributed by atoms with Gasteiger partial charge in [0.2, 0.25) is 5.56 Å². The van der Waals surface area contributed by atoms with Crippen molar-refractivity contribution >= 4 is 33.3 Å². The van der Waals surface area contributed by atoms with Gasteiger partial charge in [0.1, 0.15) is 0 Å². The van der Waals surface area contributed by atoms with E-state index in [9.17, 15) is 9.59 Å². The summed E-state index contributed by atoms with van der Waals surface area (Å²) in [6.07, 6.45) is 0. The van der Waals surface area contributed by atoms with E-state index in [1.165, 1.54) is 17.4 Å². The molecule has 1 amide bonds. The molecule has 2 N–H and O–H groups in total. The predicted molar refractivity (Wildman–Crippen MR) is 105 cm³/mol. The number of hydrogen-bond acceptors (Lipinski definition) is 4. The fourth-order valence-electron chi connectivity index (χ4n) is 2.87. The lowest BCUT2D eigenvalue weighted by Gasteiger charge is -2.06. The Balaban J connectivity index is 1.66. The number of nitrogens with one attached hydrogen (secondary N) is 2. The number of pyridine rings is 1. The van der Waals surface area contributed by atoms with Gasteiger partial charge in [0.25, 0.3) is 5.91 Å². The number of amides is 1. The standard InChI is InChI=1S/C20H15N3O2S/c1-12-6-2-3-7-13(12)17-11-26-20(22-17)23-19(25)15-10-18(24)21-16-9-5-4-8-14(15)16/h2-11H,1H3,(H,21,24)(H,22,23,25). The zero-order chi connectivity index (χ0) is 18.1. The maximum atomic E-state index is 12.7. The topological polar surface area (TPSA) is 74.8 Å². The number of thiazole rings is 1. The van der Waals surface area contributed by atoms with Crippen LogP contribution in [0.15, 0.2) is 64.8 Å². The molecular weight excluding hydrogens is 346 g/mol. The maximum Gasteiger partial charge on any atom is 0.258 e. The van der Waals surface area contributed by atoms with E-state index < -0.39 is 0 Å². The monoisotopic (exact) mass is 361 g/mol. The van der Waals surface area contributed by atoms with E-state index in [4.69, 9.17) is 0 Å². The van der Waals surface area contributed by atoms with Crippen LogP contribution < -0.4 is 10.9 Å². The minimum Gasteiger partial charge on any atom is -0.322 e. The van der Waals surface area contributed by atoms with Crippen LogP contribution in [0.2, 0.25) is 0 Å². The van der Waals surface area contributed by atoms with Crippen LogP contribution in [-0.4, -0.2) is 15.9 Å². The SMILES string of the molecule is Cc1ccccc1-c1csc(NC(=O)c2cc(=O)[nH]c3ccccc23)n1. The molecule has 0 fully saturated rings. The molecule has 4 aromatic rings. The quantitative estimate of drug-likeness (QED) is 0.574. The second kappa shape index (κ2) is 6.57. The summed E-state index contributed by atoms with van der Waals surface area (Å²) in [6, 6.07) is 16.5. The number of aromatic nitrogens is 2. The van der Waals surface area contributed by atoms with E-state index in [0.717, 1.165) is 16.8 Å². The summed E-state index contributed by atoms with van der Waals surface area (Å²) in [5, 5.41) is 5.91. The number of hydrogen-bond donors (Lipinski definition) is 2. The lowest BCUT2D eigenvalue weighted by atomic mass is 10.1. The van der Waals surface area contributed by atoms with Crippen molar-refractivity contribution < 1.29 is 4.79 Å². The van der Waals surface area contributed by atoms with Gasteiger partial charge in [-0.25, -0.2) is 4.98 Å². The van der Waals surface area contributed by atoms with Crippen molar-refractivity contribution in [2.45, 2.75) is 6.92 Å². The number of aryl methyl sites for hydroxylation is 1. The number of nitrogens with zero attached hydrogens (tertiary/aromatic N) is 1. The highest BCUT2D eigenvalue weighted by Gasteiger charge is 2.14. The Kier molecular flexibility index (Phi) is 4.10. The van der Waals surface area contributed by atoms with Crippen molar-refractivity contribution in [1.29, 1.82) is 0 Å². The molecule has 0 unspecified atom stereocenters. The smallest absolute Gasteiger partial charge is 0.258 e. The third-order valence-corrected chi connectivity index (χ3v) is 4.90. The largest absolute Gasteiger partial charge is 0.322 e. The van der Waals surface area contributed by atoms with E-state index >= 15 is 0 Å². The molecule has 0 radical (unpaired) electrons. The number of carbonyl (C=O) groups is 1. The first kappa shape index (κ1) is 16.2. The zero-order valence-corrected chi connectivity index (χ0v) is 14.8. The Morgan fingerprint density at radius 3 is 2.73 bits per heavy atom. The molecule has 2 aromatic heterocycles. The van der Waals surface area contributed by atoms with Gasteiger partial charge in [0.05, 0.1) is 11.3 Å². The van der Waals surface area contributed by atoms with Gasteiger partial charge in [-0.3, -0.25) is 14.9 Å². The Labute approximate surface area is 153 Å². The van der Waals surface area contributed by atoms with E-state index in [-0.39, 0.29) is 11.5 Å². The molecule has 0 aliphatic rings. The lowest BCUT2D eigenvalue weighted by Crippen LogP contribution is -2.16. The van der Waals surface area contributed by atoms with Crippen molar-refractivity contribution in [3.63, 3.8) is 0 Å². The van der Waals surface area contributed by atoms with Gasteiger partial charge in [-0.15, -0.1) is 11.3 Å². The van der Waals surface area contributed by atoms with E-state index in [2.05, 4.69) is 15.3 Å². The molecule has 0 saturated carbocycles. The number of benzene rings is 2. The van der Waals surface area contributed by atoms with Crippen molar-refractivity contribution in [2.24, 2.45) is 0 Å². The minimum atomic E-state index is -0.349. The molecule has 0 spiro atoms. The van der Waals surface area contributed by atoms with Crippen LogP contribution in [0, 0.1) is 6.92 Å². The zero-order valence-electron chi connectivity index (χ0n) is 13.9. The molecule has 5 nitrogen and oxygen atoms in total. The Hall–Kier alpha value is -3.25. The number of fused-ring (bicyclic) bond motifs is 1. The van der Waals surface area contributed by atoms with Gasteiger partial charge in [0, 0.05) is 27.9 Å². The molecule has 0 aliphatic carbocycles. The van der Waals surface area contributed by atoms with Crippen molar-refractivity contribution in [3.8, 4) is 11.3 Å². The first-order chi connectivity index (χ1) is 12.6. The number of rotatable bonds is 3. The molecule has 4 rings (SSSR count).